The summed E-state index contributed by atoms with van der Waals surface area (Å²) >= 11 is 0. The summed E-state index contributed by atoms with van der Waals surface area (Å²) in [7, 11) is 10.7. The molecule has 0 N–H and O–H groups in total. The summed E-state index contributed by atoms with van der Waals surface area (Å²) in [6.45, 7) is 5.31. The fourth-order valence-corrected chi connectivity index (χ4v) is 6.04. The molecule has 214 valence electrons. The van der Waals surface area contributed by atoms with Crippen molar-refractivity contribution in [2.24, 2.45) is 0 Å². The van der Waals surface area contributed by atoms with Gasteiger partial charge in [-0.25, -0.2) is 0 Å². The maximum Gasteiger partial charge on any atom is 0.0443 e. The van der Waals surface area contributed by atoms with Gasteiger partial charge in [0.1, 0.15) is 0 Å². The molecule has 0 radical (unpaired) electrons. The van der Waals surface area contributed by atoms with Crippen LogP contribution in [0.3, 0.4) is 0 Å². The number of allylic oxidation sites excluding steroid dienone is 4. The smallest absolute Gasteiger partial charge is 0.0443 e. The average Bonchev–Trinajstić information content (AvgIpc) is 3.14. The largest absolute Gasteiger partial charge is 0.378 e. The first kappa shape index (κ1) is 28.8. The Morgan fingerprint density at radius 2 is 1.44 bits per heavy atom. The third-order valence-electron chi connectivity index (χ3n) is 8.48. The number of anilines is 3. The molecule has 4 nitrogen and oxygen atoms in total. The third-order valence-corrected chi connectivity index (χ3v) is 8.48. The van der Waals surface area contributed by atoms with Gasteiger partial charge in [-0.15, -0.1) is 0 Å². The topological polar surface area (TPSA) is 13.0 Å². The van der Waals surface area contributed by atoms with Gasteiger partial charge in [-0.2, -0.15) is 0 Å². The van der Waals surface area contributed by atoms with E-state index in [9.17, 15) is 0 Å². The Bertz CT molecular complexity index is 1420. The van der Waals surface area contributed by atoms with Crippen molar-refractivity contribution in [2.75, 3.05) is 69.6 Å². The van der Waals surface area contributed by atoms with Gasteiger partial charge in [-0.1, -0.05) is 54.6 Å². The van der Waals surface area contributed by atoms with Gasteiger partial charge < -0.3 is 19.6 Å². The lowest BCUT2D eigenvalue weighted by Gasteiger charge is -2.31. The van der Waals surface area contributed by atoms with Crippen molar-refractivity contribution >= 4 is 22.6 Å². The maximum atomic E-state index is 2.59. The molecule has 0 unspecified atom stereocenters. The molecule has 0 saturated carbocycles. The minimum absolute atomic E-state index is 0.923. The predicted molar refractivity (Wildman–Crippen MR) is 178 cm³/mol. The summed E-state index contributed by atoms with van der Waals surface area (Å²) in [5.74, 6) is 0. The van der Waals surface area contributed by atoms with E-state index in [-0.39, 0.29) is 0 Å². The molecule has 4 heteroatoms. The van der Waals surface area contributed by atoms with Crippen molar-refractivity contribution in [2.45, 2.75) is 32.6 Å². The SMILES string of the molecule is CCN(C)c1ccc(/C(=C2/C=C3CCc4ccccc4N(CCCN(C)C)C3=CC2)c2ccc(N(C)C)cc2)cc1. The van der Waals surface area contributed by atoms with E-state index in [2.05, 4.69) is 147 Å². The van der Waals surface area contributed by atoms with E-state index >= 15 is 0 Å². The van der Waals surface area contributed by atoms with Crippen molar-refractivity contribution in [3.8, 4) is 0 Å². The van der Waals surface area contributed by atoms with Crippen molar-refractivity contribution in [1.29, 1.82) is 0 Å². The van der Waals surface area contributed by atoms with Crippen LogP contribution in [-0.4, -0.2) is 59.8 Å². The molecule has 0 saturated heterocycles. The number of rotatable bonds is 9. The number of hydrogen-bond acceptors (Lipinski definition) is 4. The molecule has 3 aromatic rings. The zero-order valence-electron chi connectivity index (χ0n) is 25.8. The average molecular weight is 547 g/mol. The van der Waals surface area contributed by atoms with Crippen molar-refractivity contribution in [1.82, 2.24) is 4.90 Å². The van der Waals surface area contributed by atoms with Gasteiger partial charge in [0.2, 0.25) is 0 Å². The Labute approximate surface area is 247 Å². The van der Waals surface area contributed by atoms with Crippen LogP contribution in [0.4, 0.5) is 17.1 Å². The van der Waals surface area contributed by atoms with Crippen LogP contribution in [0.25, 0.3) is 5.57 Å². The highest BCUT2D eigenvalue weighted by atomic mass is 15.2. The monoisotopic (exact) mass is 546 g/mol. The van der Waals surface area contributed by atoms with Gasteiger partial charge >= 0.3 is 0 Å². The molecular weight excluding hydrogens is 500 g/mol. The van der Waals surface area contributed by atoms with E-state index in [0.29, 0.717) is 0 Å². The molecule has 2 aliphatic rings. The van der Waals surface area contributed by atoms with Crippen LogP contribution in [0.15, 0.2) is 102 Å². The molecule has 0 fully saturated rings. The van der Waals surface area contributed by atoms with Gasteiger partial charge in [0.05, 0.1) is 0 Å². The van der Waals surface area contributed by atoms with E-state index in [1.807, 2.05) is 0 Å². The second-order valence-electron chi connectivity index (χ2n) is 11.8. The number of aryl methyl sites for hydroxylation is 1. The standard InChI is InChI=1S/C37H46N4/c1-7-40(6)34-22-17-30(18-23-34)37(29-15-20-33(21-16-29)39(4)5)32-19-24-36-31(27-32)14-13-28-11-8-9-12-35(28)41(36)26-10-25-38(2)3/h8-9,11-12,15-18,20-24,27H,7,10,13-14,19,25-26H2,1-6H3/b37-32+. The van der Waals surface area contributed by atoms with Crippen LogP contribution >= 0.6 is 0 Å². The van der Waals surface area contributed by atoms with E-state index in [0.717, 1.165) is 45.3 Å². The Balaban J connectivity index is 1.58. The molecule has 0 spiro atoms. The molecule has 3 aromatic carbocycles. The van der Waals surface area contributed by atoms with Gasteiger partial charge in [-0.3, -0.25) is 0 Å². The summed E-state index contributed by atoms with van der Waals surface area (Å²) < 4.78 is 0. The number of hydrogen-bond donors (Lipinski definition) is 0. The zero-order chi connectivity index (χ0) is 28.9. The van der Waals surface area contributed by atoms with Gasteiger partial charge in [0, 0.05) is 57.0 Å². The van der Waals surface area contributed by atoms with Crippen LogP contribution in [0.5, 0.6) is 0 Å². The first-order valence-corrected chi connectivity index (χ1v) is 15.1. The Hall–Kier alpha value is -3.76. The molecule has 0 amide bonds. The summed E-state index contributed by atoms with van der Waals surface area (Å²) in [4.78, 5) is 9.33. The third kappa shape index (κ3) is 6.44. The molecule has 0 aromatic heterocycles. The van der Waals surface area contributed by atoms with Crippen LogP contribution < -0.4 is 14.7 Å². The van der Waals surface area contributed by atoms with Crippen molar-refractivity contribution in [3.63, 3.8) is 0 Å². The van der Waals surface area contributed by atoms with Crippen molar-refractivity contribution in [3.05, 3.63) is 118 Å². The summed E-state index contributed by atoms with van der Waals surface area (Å²) in [5.41, 5.74) is 13.4. The number of fused-ring (bicyclic) bond motifs is 2. The first-order valence-electron chi connectivity index (χ1n) is 15.1. The fraction of sp³-hybridized carbons (Fsp3) is 0.351. The highest BCUT2D eigenvalue weighted by Crippen LogP contribution is 2.41. The zero-order valence-corrected chi connectivity index (χ0v) is 25.8. The fourth-order valence-electron chi connectivity index (χ4n) is 6.04. The molecule has 0 bridgehead atoms. The molecule has 0 atom stereocenters. The molecule has 1 heterocycles. The van der Waals surface area contributed by atoms with Gasteiger partial charge in [0.15, 0.2) is 0 Å². The highest BCUT2D eigenvalue weighted by molar-refractivity contribution is 5.86. The van der Waals surface area contributed by atoms with Gasteiger partial charge in [-0.05, 0) is 117 Å². The Morgan fingerprint density at radius 1 is 0.780 bits per heavy atom. The Kier molecular flexibility index (Phi) is 8.99. The van der Waals surface area contributed by atoms with Crippen LogP contribution in [0, 0.1) is 0 Å². The highest BCUT2D eigenvalue weighted by Gasteiger charge is 2.25. The summed E-state index contributed by atoms with van der Waals surface area (Å²) in [6.07, 6.45) is 9.20. The van der Waals surface area contributed by atoms with Crippen LogP contribution in [0.2, 0.25) is 0 Å². The van der Waals surface area contributed by atoms with Gasteiger partial charge in [0.25, 0.3) is 0 Å². The molecule has 5 rings (SSSR count). The molecule has 41 heavy (non-hydrogen) atoms. The molecule has 1 aliphatic carbocycles. The molecule has 1 aliphatic heterocycles. The number of para-hydroxylation sites is 1. The van der Waals surface area contributed by atoms with Crippen LogP contribution in [0.1, 0.15) is 42.9 Å². The van der Waals surface area contributed by atoms with E-state index < -0.39 is 0 Å². The maximum absolute atomic E-state index is 2.59. The summed E-state index contributed by atoms with van der Waals surface area (Å²) in [5, 5.41) is 0. The van der Waals surface area contributed by atoms with E-state index in [1.165, 1.54) is 56.2 Å². The molecular formula is C37H46N4. The lowest BCUT2D eigenvalue weighted by molar-refractivity contribution is 0.402. The number of benzene rings is 3. The summed E-state index contributed by atoms with van der Waals surface area (Å²) in [6, 6.07) is 27.2. The lowest BCUT2D eigenvalue weighted by Crippen LogP contribution is -2.28. The minimum atomic E-state index is 0.923. The quantitative estimate of drug-likeness (QED) is 0.274. The van der Waals surface area contributed by atoms with Crippen LogP contribution in [-0.2, 0) is 6.42 Å². The first-order chi connectivity index (χ1) is 19.9. The normalized spacial score (nSPS) is 15.9. The minimum Gasteiger partial charge on any atom is -0.378 e. The number of nitrogens with zero attached hydrogens (tertiary/aromatic N) is 4. The second kappa shape index (κ2) is 12.8. The van der Waals surface area contributed by atoms with E-state index in [4.69, 9.17) is 0 Å². The predicted octanol–water partition coefficient (Wildman–Crippen LogP) is 7.63. The van der Waals surface area contributed by atoms with Crippen molar-refractivity contribution < 1.29 is 0 Å². The second-order valence-corrected chi connectivity index (χ2v) is 11.8. The van der Waals surface area contributed by atoms with E-state index in [1.54, 1.807) is 0 Å². The lowest BCUT2D eigenvalue weighted by atomic mass is 9.86. The Morgan fingerprint density at radius 3 is 2.07 bits per heavy atom.